The van der Waals surface area contributed by atoms with E-state index in [4.69, 9.17) is 9.47 Å². The summed E-state index contributed by atoms with van der Waals surface area (Å²) in [6.07, 6.45) is 6.87. The maximum absolute atomic E-state index is 14.0. The lowest BCUT2D eigenvalue weighted by Gasteiger charge is -2.37. The quantitative estimate of drug-likeness (QED) is 0.0972. The van der Waals surface area contributed by atoms with Crippen LogP contribution in [0.15, 0.2) is 0 Å². The molecule has 0 rings (SSSR count). The van der Waals surface area contributed by atoms with Gasteiger partial charge in [-0.2, -0.15) is 0 Å². The van der Waals surface area contributed by atoms with Crippen molar-refractivity contribution in [2.45, 2.75) is 141 Å². The van der Waals surface area contributed by atoms with Gasteiger partial charge in [0, 0.05) is 7.11 Å². The van der Waals surface area contributed by atoms with Gasteiger partial charge in [0.1, 0.15) is 0 Å². The summed E-state index contributed by atoms with van der Waals surface area (Å²) in [5.74, 6) is 0.178. The molecule has 0 aliphatic heterocycles. The van der Waals surface area contributed by atoms with Crippen LogP contribution in [0.4, 0.5) is 0 Å². The summed E-state index contributed by atoms with van der Waals surface area (Å²) < 4.78 is 11.7. The number of Topliss-reactive ketones (excluding diaryl/α,β-unsaturated/α-hetero) is 2. The fourth-order valence-corrected chi connectivity index (χ4v) is 4.86. The van der Waals surface area contributed by atoms with Crippen LogP contribution in [0.2, 0.25) is 0 Å². The van der Waals surface area contributed by atoms with Gasteiger partial charge in [-0.25, -0.2) is 0 Å². The van der Waals surface area contributed by atoms with Crippen molar-refractivity contribution in [2.75, 3.05) is 54.5 Å². The van der Waals surface area contributed by atoms with Gasteiger partial charge in [0.05, 0.1) is 41.0 Å². The first-order chi connectivity index (χ1) is 19.0. The molecule has 0 heterocycles. The van der Waals surface area contributed by atoms with Crippen molar-refractivity contribution in [1.82, 2.24) is 26.6 Å². The first kappa shape index (κ1) is 40.1. The van der Waals surface area contributed by atoms with Gasteiger partial charge in [-0.3, -0.25) is 14.9 Å². The molecule has 0 bridgehead atoms. The van der Waals surface area contributed by atoms with Crippen molar-refractivity contribution in [3.8, 4) is 0 Å². The predicted molar refractivity (Wildman–Crippen MR) is 172 cm³/mol. The van der Waals surface area contributed by atoms with Crippen molar-refractivity contribution in [3.05, 3.63) is 0 Å². The molecule has 0 spiro atoms. The number of hydrogen-bond acceptors (Lipinski definition) is 9. The van der Waals surface area contributed by atoms with E-state index in [0.29, 0.717) is 19.6 Å². The Morgan fingerprint density at radius 3 is 1.66 bits per heavy atom. The van der Waals surface area contributed by atoms with Crippen molar-refractivity contribution in [2.24, 2.45) is 0 Å². The third-order valence-electron chi connectivity index (χ3n) is 8.13. The van der Waals surface area contributed by atoms with E-state index in [2.05, 4.69) is 54.3 Å². The number of carbonyl (C=O) groups excluding carboxylic acids is 2. The van der Waals surface area contributed by atoms with Crippen LogP contribution in [0, 0.1) is 0 Å². The summed E-state index contributed by atoms with van der Waals surface area (Å²) >= 11 is 0. The van der Waals surface area contributed by atoms with E-state index >= 15 is 0 Å². The number of nitrogens with one attached hydrogen (secondary N) is 5. The van der Waals surface area contributed by atoms with Crippen LogP contribution in [-0.4, -0.2) is 100 Å². The van der Waals surface area contributed by atoms with Gasteiger partial charge in [-0.05, 0) is 135 Å². The Morgan fingerprint density at radius 2 is 1.17 bits per heavy atom. The molecule has 41 heavy (non-hydrogen) atoms. The van der Waals surface area contributed by atoms with Gasteiger partial charge >= 0.3 is 0 Å². The summed E-state index contributed by atoms with van der Waals surface area (Å²) in [7, 11) is 7.44. The van der Waals surface area contributed by atoms with Crippen LogP contribution in [-0.2, 0) is 19.1 Å². The molecule has 244 valence electrons. The highest BCUT2D eigenvalue weighted by Crippen LogP contribution is 2.21. The van der Waals surface area contributed by atoms with E-state index in [1.54, 1.807) is 7.11 Å². The minimum Gasteiger partial charge on any atom is -0.379 e. The Bertz CT molecular complexity index is 740. The molecule has 2 atom stereocenters. The molecule has 0 aliphatic carbocycles. The second-order valence-electron chi connectivity index (χ2n) is 13.7. The van der Waals surface area contributed by atoms with Crippen LogP contribution >= 0.6 is 0 Å². The monoisotopic (exact) mass is 586 g/mol. The summed E-state index contributed by atoms with van der Waals surface area (Å²) in [5.41, 5.74) is -2.15. The van der Waals surface area contributed by atoms with E-state index in [0.717, 1.165) is 58.0 Å². The highest BCUT2D eigenvalue weighted by molar-refractivity contribution is 5.95. The number of ether oxygens (including phenoxy) is 2. The topological polar surface area (TPSA) is 113 Å². The van der Waals surface area contributed by atoms with Crippen LogP contribution in [0.3, 0.4) is 0 Å². The Kier molecular flexibility index (Phi) is 18.9. The van der Waals surface area contributed by atoms with E-state index in [9.17, 15) is 9.59 Å². The van der Waals surface area contributed by atoms with Gasteiger partial charge in [0.25, 0.3) is 0 Å². The molecule has 0 fully saturated rings. The molecular weight excluding hydrogens is 518 g/mol. The molecule has 9 heteroatoms. The molecule has 0 aromatic heterocycles. The van der Waals surface area contributed by atoms with E-state index in [1.165, 1.54) is 0 Å². The van der Waals surface area contributed by atoms with Gasteiger partial charge in [0.2, 0.25) is 0 Å². The molecule has 0 aliphatic rings. The summed E-state index contributed by atoms with van der Waals surface area (Å²) in [6, 6.07) is -0.687. The second-order valence-corrected chi connectivity index (χ2v) is 13.7. The van der Waals surface area contributed by atoms with Gasteiger partial charge in [-0.1, -0.05) is 12.8 Å². The lowest BCUT2D eigenvalue weighted by molar-refractivity contribution is -0.130. The SMILES string of the molecule is CNCCCCC(NC(C)(C)C(=O)C(CCCCNC)NC)C(=O)C(C)(C)NCCC(C)(C)OCCC(C)(C)OC. The minimum atomic E-state index is -0.845. The molecule has 0 amide bonds. The highest BCUT2D eigenvalue weighted by atomic mass is 16.5. The van der Waals surface area contributed by atoms with Crippen LogP contribution < -0.4 is 26.6 Å². The summed E-state index contributed by atoms with van der Waals surface area (Å²) in [6.45, 7) is 19.1. The number of carbonyl (C=O) groups is 2. The Hall–Kier alpha value is -0.940. The third kappa shape index (κ3) is 16.5. The number of ketones is 2. The summed E-state index contributed by atoms with van der Waals surface area (Å²) in [5, 5.41) is 16.5. The van der Waals surface area contributed by atoms with Crippen molar-refractivity contribution in [1.29, 1.82) is 0 Å². The zero-order chi connectivity index (χ0) is 31.7. The summed E-state index contributed by atoms with van der Waals surface area (Å²) in [4.78, 5) is 27.6. The zero-order valence-electron chi connectivity index (χ0n) is 28.8. The van der Waals surface area contributed by atoms with Gasteiger partial charge < -0.3 is 30.7 Å². The predicted octanol–water partition coefficient (Wildman–Crippen LogP) is 3.60. The fraction of sp³-hybridized carbons (Fsp3) is 0.938. The van der Waals surface area contributed by atoms with E-state index in [-0.39, 0.29) is 28.8 Å². The highest BCUT2D eigenvalue weighted by Gasteiger charge is 2.40. The Morgan fingerprint density at radius 1 is 0.659 bits per heavy atom. The maximum atomic E-state index is 14.0. The molecule has 0 saturated carbocycles. The number of methoxy groups -OCH3 is 1. The molecule has 0 aromatic carbocycles. The molecule has 2 unspecified atom stereocenters. The average molecular weight is 586 g/mol. The lowest BCUT2D eigenvalue weighted by Crippen LogP contribution is -2.63. The van der Waals surface area contributed by atoms with Crippen molar-refractivity contribution < 1.29 is 19.1 Å². The molecular formula is C32H67N5O4. The van der Waals surface area contributed by atoms with Crippen LogP contribution in [0.1, 0.15) is 107 Å². The molecule has 5 N–H and O–H groups in total. The second kappa shape index (κ2) is 19.4. The van der Waals surface area contributed by atoms with Gasteiger partial charge in [-0.15, -0.1) is 0 Å². The third-order valence-corrected chi connectivity index (χ3v) is 8.13. The van der Waals surface area contributed by atoms with Crippen molar-refractivity contribution >= 4 is 11.6 Å². The number of hydrogen-bond donors (Lipinski definition) is 5. The minimum absolute atomic E-state index is 0.0819. The molecule has 9 nitrogen and oxygen atoms in total. The first-order valence-electron chi connectivity index (χ1n) is 15.8. The lowest BCUT2D eigenvalue weighted by atomic mass is 9.85. The smallest absolute Gasteiger partial charge is 0.169 e. The molecule has 0 aromatic rings. The van der Waals surface area contributed by atoms with Crippen LogP contribution in [0.25, 0.3) is 0 Å². The van der Waals surface area contributed by atoms with Crippen LogP contribution in [0.5, 0.6) is 0 Å². The Balaban J connectivity index is 5.38. The number of unbranched alkanes of at least 4 members (excludes halogenated alkanes) is 2. The largest absolute Gasteiger partial charge is 0.379 e. The fourth-order valence-electron chi connectivity index (χ4n) is 4.86. The zero-order valence-corrected chi connectivity index (χ0v) is 28.8. The molecule has 0 saturated heterocycles. The van der Waals surface area contributed by atoms with Crippen molar-refractivity contribution in [3.63, 3.8) is 0 Å². The normalized spacial score (nSPS) is 14.7. The average Bonchev–Trinajstić information content (AvgIpc) is 2.89. The molecule has 0 radical (unpaired) electrons. The first-order valence-corrected chi connectivity index (χ1v) is 15.8. The van der Waals surface area contributed by atoms with E-state index in [1.807, 2.05) is 48.8 Å². The standard InChI is InChI=1S/C32H67N5O4/c1-29(2,40-12)20-24-41-30(3,4)19-23-36-31(5,6)28(39)26(18-14-16-22-34-10)37-32(7,8)27(38)25(35-11)17-13-15-21-33-9/h25-26,33-37H,13-24H2,1-12H3. The number of rotatable bonds is 26. The number of likely N-dealkylation sites (N-methyl/N-ethyl adjacent to an activating group) is 1. The van der Waals surface area contributed by atoms with Gasteiger partial charge in [0.15, 0.2) is 11.6 Å². The van der Waals surface area contributed by atoms with E-state index < -0.39 is 17.1 Å². The maximum Gasteiger partial charge on any atom is 0.169 e. The Labute approximate surface area is 252 Å².